The maximum absolute atomic E-state index is 12.7. The lowest BCUT2D eigenvalue weighted by atomic mass is 10.1. The number of carbonyl (C=O) groups is 1. The number of rotatable bonds is 8. The Kier molecular flexibility index (Phi) is 6.58. The first-order chi connectivity index (χ1) is 16.7. The number of benzene rings is 2. The number of nitro groups is 1. The molecular weight excluding hydrogens is 472 g/mol. The highest BCUT2D eigenvalue weighted by molar-refractivity contribution is 7.89. The van der Waals surface area contributed by atoms with E-state index in [9.17, 15) is 23.3 Å². The lowest BCUT2D eigenvalue weighted by Gasteiger charge is -2.19. The Bertz CT molecular complexity index is 1520. The van der Waals surface area contributed by atoms with E-state index in [2.05, 4.69) is 14.8 Å². The number of nitro benzene ring substituents is 1. The smallest absolute Gasteiger partial charge is 0.269 e. The Morgan fingerprint density at radius 2 is 1.91 bits per heavy atom. The molecule has 0 saturated carbocycles. The molecule has 4 aromatic rings. The predicted octanol–water partition coefficient (Wildman–Crippen LogP) is 3.16. The third-order valence-corrected chi connectivity index (χ3v) is 6.85. The van der Waals surface area contributed by atoms with Gasteiger partial charge in [0.1, 0.15) is 0 Å². The monoisotopic (exact) mass is 494 g/mol. The minimum absolute atomic E-state index is 0.0637. The number of non-ortho nitro benzene ring substituents is 1. The number of sulfonamides is 1. The number of aromatic nitrogens is 3. The van der Waals surface area contributed by atoms with E-state index in [1.807, 2.05) is 31.2 Å². The van der Waals surface area contributed by atoms with E-state index in [4.69, 9.17) is 0 Å². The Morgan fingerprint density at radius 3 is 2.57 bits per heavy atom. The van der Waals surface area contributed by atoms with Crippen molar-refractivity contribution in [2.24, 2.45) is 0 Å². The molecule has 0 saturated heterocycles. The van der Waals surface area contributed by atoms with Crippen LogP contribution >= 0.6 is 0 Å². The second kappa shape index (κ2) is 9.60. The molecule has 180 valence electrons. The summed E-state index contributed by atoms with van der Waals surface area (Å²) in [5.41, 5.74) is 3.12. The van der Waals surface area contributed by atoms with Gasteiger partial charge in [0.25, 0.3) is 5.69 Å². The van der Waals surface area contributed by atoms with Gasteiger partial charge in [-0.15, -0.1) is 0 Å². The van der Waals surface area contributed by atoms with Crippen molar-refractivity contribution in [1.82, 2.24) is 19.3 Å². The standard InChI is InChI=1S/C23H22N6O5S/c1-3-27(16(2)30)20-6-4-5-17(13-20)22-11-12-24-23-18(14-25-28(22)23)15-26-35(33,34)21-9-7-19(8-10-21)29(31)32/h4-14,26H,3,15H2,1-2H3. The van der Waals surface area contributed by atoms with Gasteiger partial charge in [-0.1, -0.05) is 12.1 Å². The first-order valence-electron chi connectivity index (χ1n) is 10.7. The van der Waals surface area contributed by atoms with Crippen LogP contribution in [0.15, 0.2) is 71.9 Å². The summed E-state index contributed by atoms with van der Waals surface area (Å²) in [4.78, 5) is 28.1. The molecule has 4 rings (SSSR count). The van der Waals surface area contributed by atoms with Crippen molar-refractivity contribution in [3.05, 3.63) is 82.7 Å². The van der Waals surface area contributed by atoms with Crippen LogP contribution in [0.5, 0.6) is 0 Å². The molecule has 0 spiro atoms. The maximum atomic E-state index is 12.7. The number of hydrogen-bond donors (Lipinski definition) is 1. The Hall–Kier alpha value is -4.16. The van der Waals surface area contributed by atoms with Gasteiger partial charge in [0.2, 0.25) is 15.9 Å². The van der Waals surface area contributed by atoms with Gasteiger partial charge < -0.3 is 4.90 Å². The third kappa shape index (κ3) is 4.88. The molecule has 2 aromatic heterocycles. The number of carbonyl (C=O) groups excluding carboxylic acids is 1. The highest BCUT2D eigenvalue weighted by Crippen LogP contribution is 2.26. The van der Waals surface area contributed by atoms with Crippen LogP contribution in [0.1, 0.15) is 19.4 Å². The van der Waals surface area contributed by atoms with Crippen LogP contribution in [0.2, 0.25) is 0 Å². The first-order valence-corrected chi connectivity index (χ1v) is 12.1. The molecule has 0 radical (unpaired) electrons. The highest BCUT2D eigenvalue weighted by atomic mass is 32.2. The SMILES string of the molecule is CCN(C(C)=O)c1cccc(-c2ccnc3c(CNS(=O)(=O)c4ccc([N+](=O)[O-])cc4)cnn23)c1. The van der Waals surface area contributed by atoms with Gasteiger partial charge in [-0.25, -0.2) is 22.6 Å². The lowest BCUT2D eigenvalue weighted by molar-refractivity contribution is -0.384. The minimum atomic E-state index is -3.91. The van der Waals surface area contributed by atoms with E-state index in [1.54, 1.807) is 21.7 Å². The highest BCUT2D eigenvalue weighted by Gasteiger charge is 2.18. The summed E-state index contributed by atoms with van der Waals surface area (Å²) >= 11 is 0. The summed E-state index contributed by atoms with van der Waals surface area (Å²) in [5, 5.41) is 15.2. The Balaban J connectivity index is 1.61. The number of amides is 1. The minimum Gasteiger partial charge on any atom is -0.313 e. The Labute approximate surface area is 201 Å². The molecule has 1 N–H and O–H groups in total. The van der Waals surface area contributed by atoms with Crippen LogP contribution in [0.3, 0.4) is 0 Å². The van der Waals surface area contributed by atoms with Gasteiger partial charge in [-0.3, -0.25) is 14.9 Å². The predicted molar refractivity (Wildman–Crippen MR) is 129 cm³/mol. The van der Waals surface area contributed by atoms with E-state index >= 15 is 0 Å². The summed E-state index contributed by atoms with van der Waals surface area (Å²) in [5.74, 6) is -0.0637. The topological polar surface area (TPSA) is 140 Å². The van der Waals surface area contributed by atoms with Crippen LogP contribution in [-0.2, 0) is 21.4 Å². The molecule has 0 aliphatic heterocycles. The molecule has 11 nitrogen and oxygen atoms in total. The fraction of sp³-hybridized carbons (Fsp3) is 0.174. The summed E-state index contributed by atoms with van der Waals surface area (Å²) in [6, 6.07) is 13.9. The van der Waals surface area contributed by atoms with E-state index in [1.165, 1.54) is 25.3 Å². The molecule has 0 atom stereocenters. The molecule has 0 unspecified atom stereocenters. The van der Waals surface area contributed by atoms with Gasteiger partial charge in [0, 0.05) is 55.2 Å². The molecule has 35 heavy (non-hydrogen) atoms. The number of anilines is 1. The molecule has 0 aliphatic rings. The van der Waals surface area contributed by atoms with Gasteiger partial charge in [-0.2, -0.15) is 5.10 Å². The zero-order chi connectivity index (χ0) is 25.2. The largest absolute Gasteiger partial charge is 0.313 e. The van der Waals surface area contributed by atoms with Crippen LogP contribution in [0.4, 0.5) is 11.4 Å². The second-order valence-electron chi connectivity index (χ2n) is 7.62. The van der Waals surface area contributed by atoms with Crippen molar-refractivity contribution in [2.75, 3.05) is 11.4 Å². The van der Waals surface area contributed by atoms with E-state index < -0.39 is 14.9 Å². The van der Waals surface area contributed by atoms with Crippen LogP contribution in [0.25, 0.3) is 16.9 Å². The number of hydrogen-bond acceptors (Lipinski definition) is 7. The molecule has 12 heteroatoms. The average Bonchev–Trinajstić information content (AvgIpc) is 3.26. The van der Waals surface area contributed by atoms with E-state index in [0.717, 1.165) is 29.1 Å². The molecule has 1 amide bonds. The molecule has 2 heterocycles. The van der Waals surface area contributed by atoms with Gasteiger partial charge in [-0.05, 0) is 37.3 Å². The average molecular weight is 495 g/mol. The molecule has 0 aliphatic carbocycles. The summed E-state index contributed by atoms with van der Waals surface area (Å²) in [6.07, 6.45) is 3.14. The van der Waals surface area contributed by atoms with Crippen molar-refractivity contribution in [2.45, 2.75) is 25.3 Å². The molecule has 2 aromatic carbocycles. The van der Waals surface area contributed by atoms with Crippen molar-refractivity contribution >= 4 is 33.0 Å². The van der Waals surface area contributed by atoms with Crippen molar-refractivity contribution in [3.63, 3.8) is 0 Å². The van der Waals surface area contributed by atoms with Crippen LogP contribution in [-0.4, -0.2) is 40.4 Å². The first kappa shape index (κ1) is 24.0. The summed E-state index contributed by atoms with van der Waals surface area (Å²) in [6.45, 7) is 3.87. The van der Waals surface area contributed by atoms with Crippen molar-refractivity contribution in [1.29, 1.82) is 0 Å². The van der Waals surface area contributed by atoms with Gasteiger partial charge in [0.15, 0.2) is 5.65 Å². The van der Waals surface area contributed by atoms with Crippen LogP contribution < -0.4 is 9.62 Å². The zero-order valence-corrected chi connectivity index (χ0v) is 19.8. The normalized spacial score (nSPS) is 11.5. The fourth-order valence-corrected chi connectivity index (χ4v) is 4.71. The number of nitrogens with one attached hydrogen (secondary N) is 1. The fourth-order valence-electron chi connectivity index (χ4n) is 3.71. The molecule has 0 bridgehead atoms. The number of fused-ring (bicyclic) bond motifs is 1. The van der Waals surface area contributed by atoms with Gasteiger partial charge >= 0.3 is 0 Å². The second-order valence-corrected chi connectivity index (χ2v) is 9.39. The van der Waals surface area contributed by atoms with E-state index in [-0.39, 0.29) is 23.0 Å². The molecule has 0 fully saturated rings. The Morgan fingerprint density at radius 1 is 1.17 bits per heavy atom. The maximum Gasteiger partial charge on any atom is 0.269 e. The molecular formula is C23H22N6O5S. The summed E-state index contributed by atoms with van der Waals surface area (Å²) < 4.78 is 29.4. The quantitative estimate of drug-likeness (QED) is 0.293. The van der Waals surface area contributed by atoms with Crippen LogP contribution in [0, 0.1) is 10.1 Å². The summed E-state index contributed by atoms with van der Waals surface area (Å²) in [7, 11) is -3.91. The van der Waals surface area contributed by atoms with E-state index in [0.29, 0.717) is 17.8 Å². The van der Waals surface area contributed by atoms with Gasteiger partial charge in [0.05, 0.1) is 21.7 Å². The number of nitrogens with zero attached hydrogens (tertiary/aromatic N) is 5. The zero-order valence-electron chi connectivity index (χ0n) is 19.0. The lowest BCUT2D eigenvalue weighted by Crippen LogP contribution is -2.27. The van der Waals surface area contributed by atoms with Crippen molar-refractivity contribution < 1.29 is 18.1 Å². The van der Waals surface area contributed by atoms with Crippen molar-refractivity contribution in [3.8, 4) is 11.3 Å². The third-order valence-electron chi connectivity index (χ3n) is 5.43.